The third-order valence-electron chi connectivity index (χ3n) is 9.20. The summed E-state index contributed by atoms with van der Waals surface area (Å²) in [7, 11) is 4.37. The number of amides is 3. The number of nitrogens with zero attached hydrogens (tertiary/aromatic N) is 1. The number of hydrogen-bond acceptors (Lipinski definition) is 10. The van der Waals surface area contributed by atoms with Crippen molar-refractivity contribution < 1.29 is 48.0 Å². The second-order valence-electron chi connectivity index (χ2n) is 12.7. The number of carbonyl (C=O) groups is 4. The molecule has 3 aliphatic rings. The summed E-state index contributed by atoms with van der Waals surface area (Å²) < 4.78 is 28.7. The van der Waals surface area contributed by atoms with E-state index in [-0.39, 0.29) is 23.8 Å². The Morgan fingerprint density at radius 3 is 2.57 bits per heavy atom. The quantitative estimate of drug-likeness (QED) is 0.310. The SMILES string of the molecule is COc1cc2cc(c1Cl)NC(=O)CC(OC(=O)[C@H](C)N(C)C(C)=O)[C@]1(C)O[C@H]1[C@H](C)[C@@H]1C[C@@](O)(NC(=O)O1)[C@H](OC)/C=C\C=C(\C)C2. The van der Waals surface area contributed by atoms with Crippen LogP contribution in [0, 0.1) is 5.92 Å². The molecule has 47 heavy (non-hydrogen) atoms. The fraction of sp³-hybridized carbons (Fsp3) is 0.576. The van der Waals surface area contributed by atoms with E-state index in [1.165, 1.54) is 40.0 Å². The number of alkyl carbamates (subject to hydrolysis) is 1. The summed E-state index contributed by atoms with van der Waals surface area (Å²) in [5.74, 6) is -1.75. The lowest BCUT2D eigenvalue weighted by molar-refractivity contribution is -0.161. The molecule has 0 aliphatic carbocycles. The van der Waals surface area contributed by atoms with Gasteiger partial charge in [0.1, 0.15) is 40.7 Å². The minimum atomic E-state index is -1.81. The summed E-state index contributed by atoms with van der Waals surface area (Å²) in [5, 5.41) is 17.1. The Kier molecular flexibility index (Phi) is 11.0. The Morgan fingerprint density at radius 1 is 1.23 bits per heavy atom. The topological polar surface area (TPSA) is 165 Å². The molecule has 3 heterocycles. The van der Waals surface area contributed by atoms with Crippen molar-refractivity contribution in [2.45, 2.75) is 95.7 Å². The fourth-order valence-corrected chi connectivity index (χ4v) is 6.31. The van der Waals surface area contributed by atoms with Crippen LogP contribution in [0.3, 0.4) is 0 Å². The maximum Gasteiger partial charge on any atom is 0.409 e. The summed E-state index contributed by atoms with van der Waals surface area (Å²) in [6.45, 7) is 8.24. The monoisotopic (exact) mass is 677 g/mol. The second kappa shape index (κ2) is 14.2. The highest BCUT2D eigenvalue weighted by Crippen LogP contribution is 2.49. The van der Waals surface area contributed by atoms with Crippen LogP contribution in [-0.4, -0.2) is 96.9 Å². The molecule has 1 aromatic rings. The van der Waals surface area contributed by atoms with E-state index in [0.717, 1.165) is 11.1 Å². The molecule has 1 aromatic carbocycles. The van der Waals surface area contributed by atoms with Crippen molar-refractivity contribution in [2.75, 3.05) is 26.6 Å². The van der Waals surface area contributed by atoms with Crippen molar-refractivity contribution >= 4 is 41.2 Å². The molecule has 4 bridgehead atoms. The van der Waals surface area contributed by atoms with Crippen LogP contribution in [0.25, 0.3) is 0 Å². The molecule has 8 atom stereocenters. The lowest BCUT2D eigenvalue weighted by Gasteiger charge is -2.42. The molecule has 13 nitrogen and oxygen atoms in total. The number of benzene rings is 1. The zero-order chi connectivity index (χ0) is 34.8. The fourth-order valence-electron chi connectivity index (χ4n) is 6.08. The van der Waals surface area contributed by atoms with Gasteiger partial charge >= 0.3 is 12.1 Å². The van der Waals surface area contributed by atoms with Crippen molar-refractivity contribution in [2.24, 2.45) is 5.92 Å². The molecular formula is C33H44ClN3O10. The highest BCUT2D eigenvalue weighted by Gasteiger charge is 2.64. The first-order valence-corrected chi connectivity index (χ1v) is 15.8. The number of fused-ring (bicyclic) bond motifs is 5. The minimum Gasteiger partial charge on any atom is -0.495 e. The molecule has 2 saturated heterocycles. The third kappa shape index (κ3) is 7.91. The highest BCUT2D eigenvalue weighted by molar-refractivity contribution is 6.35. The lowest BCUT2D eigenvalue weighted by Crippen LogP contribution is -2.63. The van der Waals surface area contributed by atoms with E-state index in [1.54, 1.807) is 38.1 Å². The number of anilines is 1. The molecule has 0 saturated carbocycles. The number of rotatable bonds is 5. The van der Waals surface area contributed by atoms with E-state index in [4.69, 9.17) is 35.3 Å². The van der Waals surface area contributed by atoms with Gasteiger partial charge in [-0.05, 0) is 44.9 Å². The first-order chi connectivity index (χ1) is 22.0. The predicted octanol–water partition coefficient (Wildman–Crippen LogP) is 3.51. The van der Waals surface area contributed by atoms with Crippen LogP contribution in [0.15, 0.2) is 35.9 Å². The van der Waals surface area contributed by atoms with Gasteiger partial charge < -0.3 is 39.0 Å². The number of halogens is 1. The van der Waals surface area contributed by atoms with Crippen LogP contribution in [0.2, 0.25) is 5.02 Å². The summed E-state index contributed by atoms with van der Waals surface area (Å²) in [6, 6.07) is 2.55. The molecule has 258 valence electrons. The van der Waals surface area contributed by atoms with Crippen molar-refractivity contribution in [1.29, 1.82) is 0 Å². The predicted molar refractivity (Wildman–Crippen MR) is 172 cm³/mol. The first kappa shape index (κ1) is 36.2. The molecule has 1 unspecified atom stereocenters. The van der Waals surface area contributed by atoms with Crippen LogP contribution >= 0.6 is 11.6 Å². The molecule has 2 fully saturated rings. The summed E-state index contributed by atoms with van der Waals surface area (Å²) in [4.78, 5) is 52.8. The number of esters is 1. The van der Waals surface area contributed by atoms with Gasteiger partial charge in [-0.1, -0.05) is 42.3 Å². The van der Waals surface area contributed by atoms with E-state index in [0.29, 0.717) is 17.9 Å². The summed E-state index contributed by atoms with van der Waals surface area (Å²) >= 11 is 6.59. The van der Waals surface area contributed by atoms with Crippen LogP contribution in [0.5, 0.6) is 5.75 Å². The van der Waals surface area contributed by atoms with Crippen molar-refractivity contribution in [3.8, 4) is 5.75 Å². The lowest BCUT2D eigenvalue weighted by atomic mass is 9.83. The van der Waals surface area contributed by atoms with E-state index in [9.17, 15) is 24.3 Å². The van der Waals surface area contributed by atoms with E-state index < -0.39 is 65.7 Å². The van der Waals surface area contributed by atoms with Gasteiger partial charge in [0.25, 0.3) is 0 Å². The van der Waals surface area contributed by atoms with Gasteiger partial charge in [0.15, 0.2) is 5.72 Å². The van der Waals surface area contributed by atoms with Crippen LogP contribution < -0.4 is 15.4 Å². The Bertz CT molecular complexity index is 1470. The van der Waals surface area contributed by atoms with Crippen LogP contribution in [0.4, 0.5) is 10.5 Å². The second-order valence-corrected chi connectivity index (χ2v) is 13.0. The van der Waals surface area contributed by atoms with Gasteiger partial charge in [0.2, 0.25) is 11.8 Å². The Labute approximate surface area is 279 Å². The molecular weight excluding hydrogens is 634 g/mol. The highest BCUT2D eigenvalue weighted by atomic mass is 35.5. The van der Waals surface area contributed by atoms with Crippen molar-refractivity contribution in [3.63, 3.8) is 0 Å². The van der Waals surface area contributed by atoms with Gasteiger partial charge in [-0.25, -0.2) is 9.59 Å². The molecule has 3 N–H and O–H groups in total. The average molecular weight is 678 g/mol. The maximum atomic E-state index is 13.6. The zero-order valence-corrected chi connectivity index (χ0v) is 28.7. The standard InChI is InChI=1S/C33H44ClN3O10/c1-17-10-9-11-25(44-8)33(42)16-24(45-31(41)36-33)18(2)29-32(5,47-29)26(46-30(40)19(3)37(6)20(4)38)15-27(39)35-22-13-21(12-17)14-23(43-7)28(22)34/h9-11,13-14,18-19,24-26,29,42H,12,15-16H2,1-8H3,(H,35,39)(H,36,41)/b11-9-,17-10-/t18-,19+,24+,25-,26?,29+,32+,33+/m1/s1. The number of nitrogens with one attached hydrogen (secondary N) is 2. The Hall–Kier alpha value is -3.65. The molecule has 0 radical (unpaired) electrons. The number of carbonyl (C=O) groups excluding carboxylic acids is 4. The number of methoxy groups -OCH3 is 2. The summed E-state index contributed by atoms with van der Waals surface area (Å²) in [5.41, 5.74) is -0.982. The summed E-state index contributed by atoms with van der Waals surface area (Å²) in [6.07, 6.45) is 0.955. The maximum absolute atomic E-state index is 13.6. The van der Waals surface area contributed by atoms with Crippen LogP contribution in [0.1, 0.15) is 53.0 Å². The minimum absolute atomic E-state index is 0.0447. The number of hydrogen-bond donors (Lipinski definition) is 3. The normalized spacial score (nSPS) is 33.4. The first-order valence-electron chi connectivity index (χ1n) is 15.4. The Morgan fingerprint density at radius 2 is 1.94 bits per heavy atom. The average Bonchev–Trinajstić information content (AvgIpc) is 3.70. The number of likely N-dealkylation sites (N-methyl/N-ethyl adjacent to an activating group) is 1. The third-order valence-corrected chi connectivity index (χ3v) is 9.59. The van der Waals surface area contributed by atoms with Gasteiger partial charge in [-0.3, -0.25) is 14.9 Å². The van der Waals surface area contributed by atoms with E-state index in [1.807, 2.05) is 13.0 Å². The number of epoxide rings is 1. The van der Waals surface area contributed by atoms with E-state index in [2.05, 4.69) is 10.6 Å². The largest absolute Gasteiger partial charge is 0.495 e. The Balaban J connectivity index is 1.76. The van der Waals surface area contributed by atoms with Crippen molar-refractivity contribution in [3.05, 3.63) is 46.5 Å². The number of aliphatic hydroxyl groups is 1. The molecule has 3 aliphatic heterocycles. The molecule has 14 heteroatoms. The molecule has 3 amide bonds. The van der Waals surface area contributed by atoms with Gasteiger partial charge in [0, 0.05) is 33.4 Å². The van der Waals surface area contributed by atoms with Gasteiger partial charge in [0.05, 0.1) is 25.3 Å². The molecule has 0 aromatic heterocycles. The molecule has 0 spiro atoms. The van der Waals surface area contributed by atoms with E-state index >= 15 is 0 Å². The van der Waals surface area contributed by atoms with Gasteiger partial charge in [-0.2, -0.15) is 0 Å². The van der Waals surface area contributed by atoms with Gasteiger partial charge in [-0.15, -0.1) is 0 Å². The smallest absolute Gasteiger partial charge is 0.409 e. The zero-order valence-electron chi connectivity index (χ0n) is 27.9. The van der Waals surface area contributed by atoms with Crippen molar-refractivity contribution in [1.82, 2.24) is 10.2 Å². The van der Waals surface area contributed by atoms with Crippen LogP contribution in [-0.2, 0) is 39.8 Å². The number of allylic oxidation sites excluding steroid dienone is 3. The molecule has 4 rings (SSSR count). The number of ether oxygens (including phenoxy) is 5.